The Morgan fingerprint density at radius 3 is 2.28 bits per heavy atom. The van der Waals surface area contributed by atoms with E-state index in [-0.39, 0.29) is 11.5 Å². The zero-order valence-electron chi connectivity index (χ0n) is 16.1. The number of ether oxygens (including phenoxy) is 2. The summed E-state index contributed by atoms with van der Waals surface area (Å²) < 4.78 is 10.9. The molecule has 1 atom stereocenters. The van der Waals surface area contributed by atoms with Crippen LogP contribution in [0.1, 0.15) is 50.4 Å². The molecule has 0 spiro atoms. The van der Waals surface area contributed by atoms with Crippen molar-refractivity contribution in [2.45, 2.75) is 45.7 Å². The highest BCUT2D eigenvalue weighted by Crippen LogP contribution is 2.26. The average molecular weight is 341 g/mol. The van der Waals surface area contributed by atoms with Crippen molar-refractivity contribution in [3.63, 3.8) is 0 Å². The summed E-state index contributed by atoms with van der Waals surface area (Å²) in [6.07, 6.45) is 0. The van der Waals surface area contributed by atoms with Gasteiger partial charge in [-0.2, -0.15) is 0 Å². The first-order valence-corrected chi connectivity index (χ1v) is 8.95. The van der Waals surface area contributed by atoms with Gasteiger partial charge in [0.25, 0.3) is 0 Å². The fraction of sp³-hybridized carbons (Fsp3) is 0.455. The van der Waals surface area contributed by atoms with Crippen LogP contribution in [0.2, 0.25) is 0 Å². The zero-order chi connectivity index (χ0) is 18.3. The Hall–Kier alpha value is -1.84. The van der Waals surface area contributed by atoms with E-state index in [1.807, 2.05) is 12.1 Å². The number of para-hydroxylation sites is 1. The second-order valence-electron chi connectivity index (χ2n) is 7.43. The molecule has 0 radical (unpaired) electrons. The van der Waals surface area contributed by atoms with Crippen LogP contribution in [-0.2, 0) is 16.7 Å². The molecule has 1 N–H and O–H groups in total. The van der Waals surface area contributed by atoms with Gasteiger partial charge in [0.2, 0.25) is 0 Å². The van der Waals surface area contributed by atoms with Crippen molar-refractivity contribution in [2.24, 2.45) is 0 Å². The number of hydrogen-bond donors (Lipinski definition) is 1. The predicted octanol–water partition coefficient (Wildman–Crippen LogP) is 4.86. The lowest BCUT2D eigenvalue weighted by atomic mass is 9.87. The van der Waals surface area contributed by atoms with Gasteiger partial charge < -0.3 is 14.8 Å². The first-order chi connectivity index (χ1) is 11.9. The third kappa shape index (κ3) is 5.87. The van der Waals surface area contributed by atoms with Crippen LogP contribution in [0.5, 0.6) is 5.75 Å². The molecule has 1 unspecified atom stereocenters. The maximum absolute atomic E-state index is 5.84. The number of methoxy groups -OCH3 is 1. The smallest absolute Gasteiger partial charge is 0.124 e. The van der Waals surface area contributed by atoms with Crippen molar-refractivity contribution in [1.82, 2.24) is 5.32 Å². The molecule has 0 aliphatic rings. The van der Waals surface area contributed by atoms with Crippen LogP contribution in [0.25, 0.3) is 0 Å². The van der Waals surface area contributed by atoms with Crippen LogP contribution < -0.4 is 10.1 Å². The summed E-state index contributed by atoms with van der Waals surface area (Å²) in [6, 6.07) is 17.3. The second kappa shape index (κ2) is 9.02. The zero-order valence-corrected chi connectivity index (χ0v) is 16.1. The van der Waals surface area contributed by atoms with Crippen LogP contribution in [0, 0.1) is 0 Å². The summed E-state index contributed by atoms with van der Waals surface area (Å²) in [4.78, 5) is 0. The van der Waals surface area contributed by atoms with E-state index in [1.54, 1.807) is 7.11 Å². The molecule has 3 heteroatoms. The third-order valence-electron chi connectivity index (χ3n) is 4.36. The number of benzene rings is 2. The molecule has 2 aromatic carbocycles. The van der Waals surface area contributed by atoms with E-state index in [1.165, 1.54) is 16.7 Å². The van der Waals surface area contributed by atoms with Crippen LogP contribution in [0.15, 0.2) is 48.5 Å². The SMILES string of the molecule is COCCOc1ccccc1C(C)NCc1ccc(C(C)(C)C)cc1. The Bertz CT molecular complexity index is 644. The van der Waals surface area contributed by atoms with Gasteiger partial charge in [0.15, 0.2) is 0 Å². The number of nitrogens with one attached hydrogen (secondary N) is 1. The first-order valence-electron chi connectivity index (χ1n) is 8.95. The van der Waals surface area contributed by atoms with E-state index < -0.39 is 0 Å². The van der Waals surface area contributed by atoms with Gasteiger partial charge in [-0.15, -0.1) is 0 Å². The number of hydrogen-bond acceptors (Lipinski definition) is 3. The number of rotatable bonds is 8. The van der Waals surface area contributed by atoms with Crippen molar-refractivity contribution >= 4 is 0 Å². The molecule has 0 fully saturated rings. The third-order valence-corrected chi connectivity index (χ3v) is 4.36. The van der Waals surface area contributed by atoms with Gasteiger partial charge >= 0.3 is 0 Å². The van der Waals surface area contributed by atoms with Crippen molar-refractivity contribution in [3.8, 4) is 5.75 Å². The van der Waals surface area contributed by atoms with E-state index in [0.29, 0.717) is 13.2 Å². The Labute approximate surface area is 152 Å². The molecule has 0 bridgehead atoms. The highest BCUT2D eigenvalue weighted by atomic mass is 16.5. The minimum Gasteiger partial charge on any atom is -0.491 e. The Kier molecular flexibility index (Phi) is 7.03. The lowest BCUT2D eigenvalue weighted by Gasteiger charge is -2.20. The quantitative estimate of drug-likeness (QED) is 0.696. The molecule has 0 heterocycles. The summed E-state index contributed by atoms with van der Waals surface area (Å²) in [5.41, 5.74) is 4.02. The van der Waals surface area contributed by atoms with Gasteiger partial charge in [0, 0.05) is 25.3 Å². The largest absolute Gasteiger partial charge is 0.491 e. The van der Waals surface area contributed by atoms with E-state index in [2.05, 4.69) is 69.4 Å². The minimum atomic E-state index is 0.192. The fourth-order valence-corrected chi connectivity index (χ4v) is 2.71. The van der Waals surface area contributed by atoms with Crippen LogP contribution in [0.3, 0.4) is 0 Å². The van der Waals surface area contributed by atoms with Crippen molar-refractivity contribution in [3.05, 3.63) is 65.2 Å². The van der Waals surface area contributed by atoms with Gasteiger partial charge in [0.1, 0.15) is 12.4 Å². The maximum Gasteiger partial charge on any atom is 0.124 e. The van der Waals surface area contributed by atoms with Crippen molar-refractivity contribution in [1.29, 1.82) is 0 Å². The normalized spacial score (nSPS) is 12.8. The molecule has 2 aromatic rings. The van der Waals surface area contributed by atoms with Gasteiger partial charge in [-0.3, -0.25) is 0 Å². The summed E-state index contributed by atoms with van der Waals surface area (Å²) in [5.74, 6) is 0.919. The Morgan fingerprint density at radius 2 is 1.64 bits per heavy atom. The molecule has 0 saturated carbocycles. The molecule has 0 aliphatic heterocycles. The molecule has 0 aromatic heterocycles. The van der Waals surface area contributed by atoms with Gasteiger partial charge in [0.05, 0.1) is 6.61 Å². The molecular weight excluding hydrogens is 310 g/mol. The van der Waals surface area contributed by atoms with Crippen LogP contribution in [-0.4, -0.2) is 20.3 Å². The first kappa shape index (κ1) is 19.5. The topological polar surface area (TPSA) is 30.5 Å². The minimum absolute atomic E-state index is 0.192. The lowest BCUT2D eigenvalue weighted by Crippen LogP contribution is -2.19. The molecular formula is C22H31NO2. The molecule has 2 rings (SSSR count). The van der Waals surface area contributed by atoms with Gasteiger partial charge in [-0.1, -0.05) is 63.2 Å². The van der Waals surface area contributed by atoms with Crippen LogP contribution in [0.4, 0.5) is 0 Å². The van der Waals surface area contributed by atoms with Crippen LogP contribution >= 0.6 is 0 Å². The van der Waals surface area contributed by atoms with E-state index in [4.69, 9.17) is 9.47 Å². The summed E-state index contributed by atoms with van der Waals surface area (Å²) in [7, 11) is 1.68. The summed E-state index contributed by atoms with van der Waals surface area (Å²) in [6.45, 7) is 10.9. The maximum atomic E-state index is 5.84. The predicted molar refractivity (Wildman–Crippen MR) is 104 cm³/mol. The summed E-state index contributed by atoms with van der Waals surface area (Å²) >= 11 is 0. The standard InChI is InChI=1S/C22H31NO2/c1-17(20-8-6-7-9-21(20)25-15-14-24-5)23-16-18-10-12-19(13-11-18)22(2,3)4/h6-13,17,23H,14-16H2,1-5H3. The highest BCUT2D eigenvalue weighted by molar-refractivity contribution is 5.36. The average Bonchev–Trinajstić information content (AvgIpc) is 2.60. The molecule has 3 nitrogen and oxygen atoms in total. The Balaban J connectivity index is 1.97. The fourth-order valence-electron chi connectivity index (χ4n) is 2.71. The highest BCUT2D eigenvalue weighted by Gasteiger charge is 2.14. The van der Waals surface area contributed by atoms with Crippen molar-refractivity contribution < 1.29 is 9.47 Å². The monoisotopic (exact) mass is 341 g/mol. The van der Waals surface area contributed by atoms with Crippen molar-refractivity contribution in [2.75, 3.05) is 20.3 Å². The lowest BCUT2D eigenvalue weighted by molar-refractivity contribution is 0.145. The molecule has 25 heavy (non-hydrogen) atoms. The van der Waals surface area contributed by atoms with E-state index >= 15 is 0 Å². The molecule has 136 valence electrons. The van der Waals surface area contributed by atoms with Gasteiger partial charge in [-0.25, -0.2) is 0 Å². The Morgan fingerprint density at radius 1 is 0.960 bits per heavy atom. The van der Waals surface area contributed by atoms with E-state index in [0.717, 1.165) is 12.3 Å². The van der Waals surface area contributed by atoms with E-state index in [9.17, 15) is 0 Å². The summed E-state index contributed by atoms with van der Waals surface area (Å²) in [5, 5.41) is 3.59. The van der Waals surface area contributed by atoms with Gasteiger partial charge in [-0.05, 0) is 29.5 Å². The second-order valence-corrected chi connectivity index (χ2v) is 7.43. The molecule has 0 saturated heterocycles. The molecule has 0 aliphatic carbocycles. The molecule has 0 amide bonds.